The zero-order valence-electron chi connectivity index (χ0n) is 17.7. The van der Waals surface area contributed by atoms with E-state index in [0.717, 1.165) is 77.8 Å². The van der Waals surface area contributed by atoms with Gasteiger partial charge in [-0.3, -0.25) is 14.7 Å². The lowest BCUT2D eigenvalue weighted by atomic mass is 10.0. The van der Waals surface area contributed by atoms with Crippen molar-refractivity contribution in [3.63, 3.8) is 0 Å². The highest BCUT2D eigenvalue weighted by Crippen LogP contribution is 2.16. The Morgan fingerprint density at radius 2 is 1.75 bits per heavy atom. The summed E-state index contributed by atoms with van der Waals surface area (Å²) in [6.07, 6.45) is 1.64. The topological polar surface area (TPSA) is 69.6 Å². The molecule has 8 heteroatoms. The number of nitrogens with one attached hydrogen (secondary N) is 1. The Morgan fingerprint density at radius 1 is 1.07 bits per heavy atom. The number of carbonyl (C=O) groups excluding carboxylic acids is 1. The Kier molecular flexibility index (Phi) is 7.93. The minimum Gasteiger partial charge on any atom is -0.379 e. The lowest BCUT2D eigenvalue weighted by molar-refractivity contribution is -0.142. The summed E-state index contributed by atoms with van der Waals surface area (Å²) < 4.78 is 11.1. The molecule has 3 aliphatic rings. The molecule has 0 spiro atoms. The van der Waals surface area contributed by atoms with Crippen molar-refractivity contribution in [1.29, 1.82) is 0 Å². The summed E-state index contributed by atoms with van der Waals surface area (Å²) in [4.78, 5) is 23.8. The first-order chi connectivity index (χ1) is 13.6. The highest BCUT2D eigenvalue weighted by atomic mass is 16.5. The third-order valence-corrected chi connectivity index (χ3v) is 6.06. The standard InChI is InChI=1S/C20H37N5O3/c1-16(2)17(23-10-13-27-14-11-23)15-22-20(21-3)25-8-6-24(7-9-25)19(26)18-5-4-12-28-18/h16-18H,4-15H2,1-3H3,(H,21,22). The van der Waals surface area contributed by atoms with Crippen LogP contribution in [0.25, 0.3) is 0 Å². The van der Waals surface area contributed by atoms with Gasteiger partial charge in [0.1, 0.15) is 6.10 Å². The van der Waals surface area contributed by atoms with Gasteiger partial charge < -0.3 is 24.6 Å². The van der Waals surface area contributed by atoms with Gasteiger partial charge >= 0.3 is 0 Å². The first kappa shape index (κ1) is 21.3. The van der Waals surface area contributed by atoms with Crippen LogP contribution in [0.15, 0.2) is 4.99 Å². The zero-order valence-corrected chi connectivity index (χ0v) is 17.7. The molecule has 0 radical (unpaired) electrons. The van der Waals surface area contributed by atoms with Crippen LogP contribution in [-0.4, -0.2) is 111 Å². The normalized spacial score (nSPS) is 26.0. The Balaban J connectivity index is 1.48. The molecule has 0 aromatic heterocycles. The van der Waals surface area contributed by atoms with Crippen molar-refractivity contribution in [2.45, 2.75) is 38.8 Å². The summed E-state index contributed by atoms with van der Waals surface area (Å²) in [6, 6.07) is 0.461. The van der Waals surface area contributed by atoms with E-state index in [0.29, 0.717) is 18.6 Å². The fourth-order valence-electron chi connectivity index (χ4n) is 4.34. The molecule has 0 aromatic rings. The van der Waals surface area contributed by atoms with Gasteiger partial charge in [-0.05, 0) is 18.8 Å². The second-order valence-corrected chi connectivity index (χ2v) is 8.20. The molecule has 3 saturated heterocycles. The summed E-state index contributed by atoms with van der Waals surface area (Å²) in [5.74, 6) is 1.65. The average molecular weight is 396 g/mol. The molecule has 2 atom stereocenters. The maximum atomic E-state index is 12.5. The molecule has 0 saturated carbocycles. The molecule has 28 heavy (non-hydrogen) atoms. The van der Waals surface area contributed by atoms with Crippen LogP contribution in [0.2, 0.25) is 0 Å². The number of nitrogens with zero attached hydrogens (tertiary/aromatic N) is 4. The number of carbonyl (C=O) groups is 1. The Morgan fingerprint density at radius 3 is 2.32 bits per heavy atom. The number of rotatable bonds is 5. The second-order valence-electron chi connectivity index (χ2n) is 8.20. The van der Waals surface area contributed by atoms with E-state index < -0.39 is 0 Å². The molecule has 0 aromatic carbocycles. The highest BCUT2D eigenvalue weighted by Gasteiger charge is 2.31. The molecule has 1 amide bonds. The number of piperazine rings is 1. The van der Waals surface area contributed by atoms with E-state index in [1.807, 2.05) is 11.9 Å². The van der Waals surface area contributed by atoms with E-state index in [1.165, 1.54) is 0 Å². The predicted octanol–water partition coefficient (Wildman–Crippen LogP) is 0.242. The monoisotopic (exact) mass is 395 g/mol. The molecule has 2 unspecified atom stereocenters. The van der Waals surface area contributed by atoms with Crippen LogP contribution in [0, 0.1) is 5.92 Å². The smallest absolute Gasteiger partial charge is 0.251 e. The van der Waals surface area contributed by atoms with Crippen LogP contribution in [0.3, 0.4) is 0 Å². The maximum Gasteiger partial charge on any atom is 0.251 e. The molecule has 8 nitrogen and oxygen atoms in total. The molecule has 0 bridgehead atoms. The van der Waals surface area contributed by atoms with Crippen molar-refractivity contribution >= 4 is 11.9 Å². The Labute approximate surface area is 169 Å². The first-order valence-corrected chi connectivity index (χ1v) is 10.8. The molecule has 3 rings (SSSR count). The number of aliphatic imine (C=N–C) groups is 1. The van der Waals surface area contributed by atoms with E-state index >= 15 is 0 Å². The molecule has 1 N–H and O–H groups in total. The van der Waals surface area contributed by atoms with E-state index in [-0.39, 0.29) is 12.0 Å². The molecule has 0 aliphatic carbocycles. The van der Waals surface area contributed by atoms with Crippen molar-refractivity contribution in [3.8, 4) is 0 Å². The summed E-state index contributed by atoms with van der Waals surface area (Å²) in [5.41, 5.74) is 0. The number of hydrogen-bond donors (Lipinski definition) is 1. The van der Waals surface area contributed by atoms with Crippen molar-refractivity contribution in [2.24, 2.45) is 10.9 Å². The predicted molar refractivity (Wildman–Crippen MR) is 110 cm³/mol. The van der Waals surface area contributed by atoms with Gasteiger partial charge in [0.15, 0.2) is 5.96 Å². The summed E-state index contributed by atoms with van der Waals surface area (Å²) in [5, 5.41) is 3.58. The number of hydrogen-bond acceptors (Lipinski definition) is 5. The lowest BCUT2D eigenvalue weighted by Crippen LogP contribution is -2.57. The Hall–Kier alpha value is -1.38. The van der Waals surface area contributed by atoms with Gasteiger partial charge in [-0.1, -0.05) is 13.8 Å². The van der Waals surface area contributed by atoms with E-state index in [1.54, 1.807) is 0 Å². The summed E-state index contributed by atoms with van der Waals surface area (Å²) in [6.45, 7) is 12.8. The fraction of sp³-hybridized carbons (Fsp3) is 0.900. The molecular weight excluding hydrogens is 358 g/mol. The highest BCUT2D eigenvalue weighted by molar-refractivity contribution is 5.82. The van der Waals surface area contributed by atoms with Gasteiger partial charge in [0.25, 0.3) is 5.91 Å². The van der Waals surface area contributed by atoms with Crippen molar-refractivity contribution in [3.05, 3.63) is 0 Å². The van der Waals surface area contributed by atoms with Gasteiger partial charge in [0.2, 0.25) is 0 Å². The van der Waals surface area contributed by atoms with Crippen LogP contribution < -0.4 is 5.32 Å². The van der Waals surface area contributed by atoms with Crippen molar-refractivity contribution in [1.82, 2.24) is 20.0 Å². The van der Waals surface area contributed by atoms with E-state index in [2.05, 4.69) is 34.0 Å². The number of morpholine rings is 1. The summed E-state index contributed by atoms with van der Waals surface area (Å²) >= 11 is 0. The molecule has 3 fully saturated rings. The van der Waals surface area contributed by atoms with Crippen LogP contribution in [-0.2, 0) is 14.3 Å². The third kappa shape index (κ3) is 5.36. The Bertz CT molecular complexity index is 522. The van der Waals surface area contributed by atoms with Gasteiger partial charge in [-0.15, -0.1) is 0 Å². The van der Waals surface area contributed by atoms with Crippen molar-refractivity contribution < 1.29 is 14.3 Å². The van der Waals surface area contributed by atoms with Gasteiger partial charge in [-0.25, -0.2) is 0 Å². The number of amides is 1. The minimum absolute atomic E-state index is 0.160. The molecule has 3 aliphatic heterocycles. The number of guanidine groups is 1. The first-order valence-electron chi connectivity index (χ1n) is 10.8. The largest absolute Gasteiger partial charge is 0.379 e. The third-order valence-electron chi connectivity index (χ3n) is 6.06. The minimum atomic E-state index is -0.218. The lowest BCUT2D eigenvalue weighted by Gasteiger charge is -2.39. The molecule has 160 valence electrons. The zero-order chi connectivity index (χ0) is 19.9. The van der Waals surface area contributed by atoms with Crippen LogP contribution >= 0.6 is 0 Å². The maximum absolute atomic E-state index is 12.5. The van der Waals surface area contributed by atoms with E-state index in [4.69, 9.17) is 9.47 Å². The van der Waals surface area contributed by atoms with Gasteiger partial charge in [0, 0.05) is 65.5 Å². The van der Waals surface area contributed by atoms with Crippen LogP contribution in [0.4, 0.5) is 0 Å². The quantitative estimate of drug-likeness (QED) is 0.531. The SMILES string of the molecule is CN=C(NCC(C(C)C)N1CCOCC1)N1CCN(C(=O)C2CCCO2)CC1. The second kappa shape index (κ2) is 10.4. The van der Waals surface area contributed by atoms with E-state index in [9.17, 15) is 4.79 Å². The molecular formula is C20H37N5O3. The summed E-state index contributed by atoms with van der Waals surface area (Å²) in [7, 11) is 1.84. The van der Waals surface area contributed by atoms with Gasteiger partial charge in [-0.2, -0.15) is 0 Å². The fourth-order valence-corrected chi connectivity index (χ4v) is 4.34. The van der Waals surface area contributed by atoms with Crippen LogP contribution in [0.5, 0.6) is 0 Å². The average Bonchev–Trinajstić information content (AvgIpc) is 3.26. The van der Waals surface area contributed by atoms with Crippen LogP contribution in [0.1, 0.15) is 26.7 Å². The van der Waals surface area contributed by atoms with Gasteiger partial charge in [0.05, 0.1) is 13.2 Å². The number of ether oxygens (including phenoxy) is 2. The molecule has 3 heterocycles. The van der Waals surface area contributed by atoms with Crippen molar-refractivity contribution in [2.75, 3.05) is 72.7 Å².